The van der Waals surface area contributed by atoms with Crippen LogP contribution in [0.3, 0.4) is 0 Å². The zero-order valence-electron chi connectivity index (χ0n) is 15.9. The van der Waals surface area contributed by atoms with Crippen molar-refractivity contribution in [2.75, 3.05) is 26.7 Å². The van der Waals surface area contributed by atoms with E-state index in [1.807, 2.05) is 61.5 Å². The SMILES string of the molecule is CCN(Cc1ccccc1)C(=O)CNC(=O)NCCc1ccccc1OC. The summed E-state index contributed by atoms with van der Waals surface area (Å²) in [5.74, 6) is 0.690. The first-order valence-corrected chi connectivity index (χ1v) is 9.09. The minimum absolute atomic E-state index is 0.0266. The Morgan fingerprint density at radius 2 is 1.70 bits per heavy atom. The van der Waals surface area contributed by atoms with Crippen LogP contribution in [0.15, 0.2) is 54.6 Å². The molecule has 27 heavy (non-hydrogen) atoms. The van der Waals surface area contributed by atoms with Gasteiger partial charge in [0, 0.05) is 19.6 Å². The molecule has 0 bridgehead atoms. The van der Waals surface area contributed by atoms with Gasteiger partial charge in [-0.15, -0.1) is 0 Å². The molecule has 0 radical (unpaired) electrons. The lowest BCUT2D eigenvalue weighted by Gasteiger charge is -2.21. The van der Waals surface area contributed by atoms with E-state index in [-0.39, 0.29) is 18.5 Å². The molecule has 0 aromatic heterocycles. The van der Waals surface area contributed by atoms with Crippen LogP contribution in [0.4, 0.5) is 4.79 Å². The summed E-state index contributed by atoms with van der Waals surface area (Å²) in [6.07, 6.45) is 0.653. The molecule has 6 heteroatoms. The molecule has 6 nitrogen and oxygen atoms in total. The Bertz CT molecular complexity index is 734. The lowest BCUT2D eigenvalue weighted by Crippen LogP contribution is -2.44. The van der Waals surface area contributed by atoms with Gasteiger partial charge in [0.15, 0.2) is 0 Å². The Hall–Kier alpha value is -3.02. The normalized spacial score (nSPS) is 10.1. The van der Waals surface area contributed by atoms with E-state index in [9.17, 15) is 9.59 Å². The van der Waals surface area contributed by atoms with E-state index in [2.05, 4.69) is 10.6 Å². The predicted molar refractivity (Wildman–Crippen MR) is 106 cm³/mol. The number of nitrogens with zero attached hydrogens (tertiary/aromatic N) is 1. The summed E-state index contributed by atoms with van der Waals surface area (Å²) >= 11 is 0. The average Bonchev–Trinajstić information content (AvgIpc) is 2.71. The number of likely N-dealkylation sites (N-methyl/N-ethyl adjacent to an activating group) is 1. The van der Waals surface area contributed by atoms with E-state index < -0.39 is 0 Å². The molecule has 2 N–H and O–H groups in total. The van der Waals surface area contributed by atoms with E-state index in [0.717, 1.165) is 16.9 Å². The Morgan fingerprint density at radius 3 is 2.41 bits per heavy atom. The van der Waals surface area contributed by atoms with Crippen molar-refractivity contribution in [1.82, 2.24) is 15.5 Å². The number of rotatable bonds is 9. The Balaban J connectivity index is 1.73. The van der Waals surface area contributed by atoms with Crippen LogP contribution in [0.5, 0.6) is 5.75 Å². The lowest BCUT2D eigenvalue weighted by atomic mass is 10.1. The summed E-state index contributed by atoms with van der Waals surface area (Å²) in [6, 6.07) is 17.1. The zero-order chi connectivity index (χ0) is 19.5. The second kappa shape index (κ2) is 10.9. The third kappa shape index (κ3) is 6.66. The second-order valence-electron chi connectivity index (χ2n) is 6.06. The lowest BCUT2D eigenvalue weighted by molar-refractivity contribution is -0.130. The van der Waals surface area contributed by atoms with Crippen LogP contribution in [0.25, 0.3) is 0 Å². The van der Waals surface area contributed by atoms with Gasteiger partial charge in [-0.05, 0) is 30.5 Å². The molecule has 0 aliphatic heterocycles. The number of carbonyl (C=O) groups excluding carboxylic acids is 2. The number of urea groups is 1. The predicted octanol–water partition coefficient (Wildman–Crippen LogP) is 2.59. The average molecular weight is 369 g/mol. The number of benzene rings is 2. The molecule has 0 fully saturated rings. The molecule has 2 aromatic carbocycles. The van der Waals surface area contributed by atoms with Gasteiger partial charge in [0.1, 0.15) is 5.75 Å². The Kier molecular flexibility index (Phi) is 8.16. The highest BCUT2D eigenvalue weighted by Crippen LogP contribution is 2.17. The van der Waals surface area contributed by atoms with Crippen LogP contribution in [-0.4, -0.2) is 43.6 Å². The number of para-hydroxylation sites is 1. The number of methoxy groups -OCH3 is 1. The van der Waals surface area contributed by atoms with Crippen LogP contribution >= 0.6 is 0 Å². The minimum Gasteiger partial charge on any atom is -0.496 e. The van der Waals surface area contributed by atoms with Crippen LogP contribution in [0, 0.1) is 0 Å². The molecule has 2 aromatic rings. The molecule has 0 saturated carbocycles. The number of ether oxygens (including phenoxy) is 1. The van der Waals surface area contributed by atoms with Gasteiger partial charge < -0.3 is 20.3 Å². The third-order valence-electron chi connectivity index (χ3n) is 4.22. The summed E-state index contributed by atoms with van der Waals surface area (Å²) in [7, 11) is 1.62. The summed E-state index contributed by atoms with van der Waals surface area (Å²) in [5, 5.41) is 5.39. The van der Waals surface area contributed by atoms with Crippen LogP contribution in [0.1, 0.15) is 18.1 Å². The van der Waals surface area contributed by atoms with Crippen molar-refractivity contribution in [3.8, 4) is 5.75 Å². The Labute approximate surface area is 160 Å². The van der Waals surface area contributed by atoms with Crippen molar-refractivity contribution in [3.05, 3.63) is 65.7 Å². The Morgan fingerprint density at radius 1 is 1.00 bits per heavy atom. The fraction of sp³-hybridized carbons (Fsp3) is 0.333. The molecule has 0 unspecified atom stereocenters. The molecule has 0 saturated heterocycles. The van der Waals surface area contributed by atoms with Gasteiger partial charge in [-0.3, -0.25) is 4.79 Å². The third-order valence-corrected chi connectivity index (χ3v) is 4.22. The van der Waals surface area contributed by atoms with Crippen molar-refractivity contribution in [2.24, 2.45) is 0 Å². The molecular weight excluding hydrogens is 342 g/mol. The summed E-state index contributed by atoms with van der Waals surface area (Å²) in [4.78, 5) is 26.0. The number of hydrogen-bond acceptors (Lipinski definition) is 3. The maximum Gasteiger partial charge on any atom is 0.315 e. The van der Waals surface area contributed by atoms with E-state index >= 15 is 0 Å². The highest BCUT2D eigenvalue weighted by molar-refractivity contribution is 5.83. The molecular formula is C21H27N3O3. The minimum atomic E-state index is -0.353. The van der Waals surface area contributed by atoms with E-state index in [1.165, 1.54) is 0 Å². The molecule has 0 aliphatic rings. The number of hydrogen-bond donors (Lipinski definition) is 2. The fourth-order valence-corrected chi connectivity index (χ4v) is 2.73. The number of carbonyl (C=O) groups is 2. The molecule has 0 aliphatic carbocycles. The monoisotopic (exact) mass is 369 g/mol. The van der Waals surface area contributed by atoms with Crippen molar-refractivity contribution in [1.29, 1.82) is 0 Å². The smallest absolute Gasteiger partial charge is 0.315 e. The quantitative estimate of drug-likeness (QED) is 0.714. The van der Waals surface area contributed by atoms with Crippen LogP contribution < -0.4 is 15.4 Å². The maximum atomic E-state index is 12.3. The first-order valence-electron chi connectivity index (χ1n) is 9.09. The van der Waals surface area contributed by atoms with Gasteiger partial charge in [-0.25, -0.2) is 4.79 Å². The molecule has 2 rings (SSSR count). The van der Waals surface area contributed by atoms with Gasteiger partial charge in [0.2, 0.25) is 5.91 Å². The molecule has 3 amide bonds. The number of nitrogens with one attached hydrogen (secondary N) is 2. The molecule has 0 heterocycles. The second-order valence-corrected chi connectivity index (χ2v) is 6.06. The van der Waals surface area contributed by atoms with Crippen molar-refractivity contribution in [3.63, 3.8) is 0 Å². The molecule has 144 valence electrons. The highest BCUT2D eigenvalue weighted by atomic mass is 16.5. The first-order chi connectivity index (χ1) is 13.1. The van der Waals surface area contributed by atoms with Gasteiger partial charge in [0.05, 0.1) is 13.7 Å². The van der Waals surface area contributed by atoms with Crippen LogP contribution in [-0.2, 0) is 17.8 Å². The van der Waals surface area contributed by atoms with Crippen molar-refractivity contribution >= 4 is 11.9 Å². The molecule has 0 atom stereocenters. The first kappa shape index (κ1) is 20.3. The van der Waals surface area contributed by atoms with E-state index in [0.29, 0.717) is 26.1 Å². The highest BCUT2D eigenvalue weighted by Gasteiger charge is 2.13. The largest absolute Gasteiger partial charge is 0.496 e. The molecule has 0 spiro atoms. The van der Waals surface area contributed by atoms with Crippen LogP contribution in [0.2, 0.25) is 0 Å². The summed E-state index contributed by atoms with van der Waals surface area (Å²) in [5.41, 5.74) is 2.09. The topological polar surface area (TPSA) is 70.7 Å². The summed E-state index contributed by atoms with van der Waals surface area (Å²) < 4.78 is 5.29. The number of amides is 3. The fourth-order valence-electron chi connectivity index (χ4n) is 2.73. The van der Waals surface area contributed by atoms with E-state index in [4.69, 9.17) is 4.74 Å². The van der Waals surface area contributed by atoms with Gasteiger partial charge in [0.25, 0.3) is 0 Å². The van der Waals surface area contributed by atoms with E-state index in [1.54, 1.807) is 12.0 Å². The summed E-state index contributed by atoms with van der Waals surface area (Å²) in [6.45, 7) is 3.48. The van der Waals surface area contributed by atoms with Gasteiger partial charge >= 0.3 is 6.03 Å². The standard InChI is InChI=1S/C21H27N3O3/c1-3-24(16-17-9-5-4-6-10-17)20(25)15-23-21(26)22-14-13-18-11-7-8-12-19(18)27-2/h4-12H,3,13-16H2,1-2H3,(H2,22,23,26). The van der Waals surface area contributed by atoms with Gasteiger partial charge in [-0.1, -0.05) is 48.5 Å². The van der Waals surface area contributed by atoms with Gasteiger partial charge in [-0.2, -0.15) is 0 Å². The maximum absolute atomic E-state index is 12.3. The van der Waals surface area contributed by atoms with Crippen molar-refractivity contribution in [2.45, 2.75) is 19.9 Å². The van der Waals surface area contributed by atoms with Crippen molar-refractivity contribution < 1.29 is 14.3 Å². The zero-order valence-corrected chi connectivity index (χ0v) is 15.9.